The molecule has 2 N–H and O–H groups in total. The molecule has 0 bridgehead atoms. The van der Waals surface area contributed by atoms with Gasteiger partial charge >= 0.3 is 37.7 Å². The second-order valence-corrected chi connectivity index (χ2v) is 2.05. The third kappa shape index (κ3) is 10.9. The molecule has 1 atom stereocenters. The van der Waals surface area contributed by atoms with Gasteiger partial charge in [-0.05, 0) is 0 Å². The fourth-order valence-corrected chi connectivity index (χ4v) is 0.566. The zero-order chi connectivity index (χ0) is 7.98. The van der Waals surface area contributed by atoms with Crippen LogP contribution in [0, 0.1) is 0 Å². The third-order valence-corrected chi connectivity index (χ3v) is 1.27. The molecule has 0 saturated carbocycles. The molecular formula is C3H5Li2NO5S. The first-order chi connectivity index (χ1) is 4.68. The fraction of sp³-hybridized carbons (Fsp3) is 0.667. The Labute approximate surface area is 97.6 Å². The summed E-state index contributed by atoms with van der Waals surface area (Å²) in [6, 6.07) is -1.15. The van der Waals surface area contributed by atoms with Crippen LogP contribution in [0.2, 0.25) is 0 Å². The molecular weight excluding hydrogens is 176 g/mol. The van der Waals surface area contributed by atoms with Crippen molar-refractivity contribution in [1.82, 2.24) is 0 Å². The van der Waals surface area contributed by atoms with E-state index >= 15 is 0 Å². The standard InChI is InChI=1S/C3H7NO5S.2Li/c4-2(3(5)6)1-10-9-8-7;;/h2,7H,1,4H2,(H,5,6);;/q;2*+1/p-2. The first kappa shape index (κ1) is 18.6. The summed E-state index contributed by atoms with van der Waals surface area (Å²) in [7, 11) is 0. The van der Waals surface area contributed by atoms with Crippen molar-refractivity contribution >= 4 is 18.0 Å². The maximum atomic E-state index is 9.87. The van der Waals surface area contributed by atoms with E-state index in [4.69, 9.17) is 11.0 Å². The molecule has 6 nitrogen and oxygen atoms in total. The molecule has 12 heavy (non-hydrogen) atoms. The topological polar surface area (TPSA) is 108 Å². The van der Waals surface area contributed by atoms with Crippen LogP contribution in [0.3, 0.4) is 0 Å². The molecule has 0 spiro atoms. The quantitative estimate of drug-likeness (QED) is 0.147. The smallest absolute Gasteiger partial charge is 0.691 e. The van der Waals surface area contributed by atoms with Crippen molar-refractivity contribution in [1.29, 1.82) is 0 Å². The third-order valence-electron chi connectivity index (χ3n) is 0.626. The number of hydrogen-bond acceptors (Lipinski definition) is 7. The molecule has 1 unspecified atom stereocenters. The average Bonchev–Trinajstić information content (AvgIpc) is 1.88. The molecule has 0 rings (SSSR count). The summed E-state index contributed by atoms with van der Waals surface area (Å²) >= 11 is 0.509. The Bertz CT molecular complexity index is 117. The Morgan fingerprint density at radius 1 is 1.58 bits per heavy atom. The minimum Gasteiger partial charge on any atom is -0.691 e. The van der Waals surface area contributed by atoms with Crippen LogP contribution >= 0.6 is 12.0 Å². The van der Waals surface area contributed by atoms with Gasteiger partial charge in [-0.3, -0.25) is 5.04 Å². The molecule has 0 aromatic heterocycles. The summed E-state index contributed by atoms with van der Waals surface area (Å²) in [4.78, 5) is 9.87. The van der Waals surface area contributed by atoms with Gasteiger partial charge in [-0.1, -0.05) is 0 Å². The van der Waals surface area contributed by atoms with Crippen molar-refractivity contribution in [3.8, 4) is 0 Å². The summed E-state index contributed by atoms with van der Waals surface area (Å²) in [6.07, 6.45) is 0. The Kier molecular flexibility index (Phi) is 18.4. The molecule has 0 fully saturated rings. The van der Waals surface area contributed by atoms with E-state index in [0.29, 0.717) is 12.0 Å². The number of carboxylic acid groups (broad SMARTS) is 1. The number of carboxylic acids is 1. The zero-order valence-electron chi connectivity index (χ0n) is 6.81. The molecule has 0 radical (unpaired) electrons. The summed E-state index contributed by atoms with van der Waals surface area (Å²) in [6.45, 7) is 0. The molecule has 0 aromatic carbocycles. The zero-order valence-corrected chi connectivity index (χ0v) is 7.63. The fourth-order valence-electron chi connectivity index (χ4n) is 0.189. The molecule has 0 amide bonds. The van der Waals surface area contributed by atoms with Gasteiger partial charge < -0.3 is 20.9 Å². The van der Waals surface area contributed by atoms with Crippen LogP contribution in [0.25, 0.3) is 0 Å². The second kappa shape index (κ2) is 11.9. The summed E-state index contributed by atoms with van der Waals surface area (Å²) < 4.78 is 3.74. The van der Waals surface area contributed by atoms with E-state index in [1.54, 1.807) is 0 Å². The van der Waals surface area contributed by atoms with E-state index in [-0.39, 0.29) is 43.5 Å². The predicted molar refractivity (Wildman–Crippen MR) is 27.6 cm³/mol. The number of carbonyl (C=O) groups is 1. The number of aliphatic carboxylic acids is 1. The van der Waals surface area contributed by atoms with Crippen LogP contribution in [0.1, 0.15) is 0 Å². The molecule has 60 valence electrons. The van der Waals surface area contributed by atoms with Crippen LogP contribution < -0.4 is 53.8 Å². The maximum absolute atomic E-state index is 9.87. The number of rotatable bonds is 5. The van der Waals surface area contributed by atoms with E-state index in [1.807, 2.05) is 0 Å². The second-order valence-electron chi connectivity index (χ2n) is 1.35. The van der Waals surface area contributed by atoms with E-state index in [1.165, 1.54) is 0 Å². The molecule has 0 aromatic rings. The van der Waals surface area contributed by atoms with E-state index in [2.05, 4.69) is 9.37 Å². The largest absolute Gasteiger partial charge is 1.00 e. The van der Waals surface area contributed by atoms with Gasteiger partial charge in [-0.2, -0.15) is 4.33 Å². The molecule has 9 heteroatoms. The molecule has 0 aliphatic carbocycles. The molecule has 0 aliphatic heterocycles. The van der Waals surface area contributed by atoms with Crippen LogP contribution in [-0.2, 0) is 14.2 Å². The average molecular weight is 181 g/mol. The SMILES string of the molecule is NC(CSOO[O-])C(=O)[O-].[Li+].[Li+]. The number of nitrogens with two attached hydrogens (primary N) is 1. The summed E-state index contributed by atoms with van der Waals surface area (Å²) in [5.41, 5.74) is 4.94. The molecule has 0 aliphatic rings. The van der Waals surface area contributed by atoms with Gasteiger partial charge in [0.15, 0.2) is 0 Å². The van der Waals surface area contributed by atoms with Crippen LogP contribution in [0.4, 0.5) is 0 Å². The Hall–Kier alpha value is 0.855. The minimum absolute atomic E-state index is 0. The van der Waals surface area contributed by atoms with Crippen molar-refractivity contribution in [2.24, 2.45) is 5.73 Å². The van der Waals surface area contributed by atoms with Crippen LogP contribution in [0.15, 0.2) is 0 Å². The predicted octanol–water partition coefficient (Wildman–Crippen LogP) is -9.06. The number of hydrogen-bond donors (Lipinski definition) is 1. The van der Waals surface area contributed by atoms with Crippen molar-refractivity contribution in [3.05, 3.63) is 0 Å². The van der Waals surface area contributed by atoms with Crippen molar-refractivity contribution in [2.45, 2.75) is 6.04 Å². The minimum atomic E-state index is -1.40. The van der Waals surface area contributed by atoms with Gasteiger partial charge in [-0.15, -0.1) is 0 Å². The van der Waals surface area contributed by atoms with E-state index in [0.717, 1.165) is 0 Å². The summed E-state index contributed by atoms with van der Waals surface area (Å²) in [5, 5.41) is 21.9. The van der Waals surface area contributed by atoms with Crippen molar-refractivity contribution in [2.75, 3.05) is 5.75 Å². The van der Waals surface area contributed by atoms with Gasteiger partial charge in [0.25, 0.3) is 0 Å². The Morgan fingerprint density at radius 2 is 2.08 bits per heavy atom. The maximum Gasteiger partial charge on any atom is 1.00 e. The molecule has 0 saturated heterocycles. The monoisotopic (exact) mass is 181 g/mol. The Balaban J connectivity index is -0.000000405. The van der Waals surface area contributed by atoms with Gasteiger partial charge in [0.2, 0.25) is 0 Å². The van der Waals surface area contributed by atoms with Gasteiger partial charge in [0.05, 0.1) is 12.0 Å². The van der Waals surface area contributed by atoms with E-state index < -0.39 is 12.0 Å². The normalized spacial score (nSPS) is 10.8. The first-order valence-electron chi connectivity index (χ1n) is 2.23. The van der Waals surface area contributed by atoms with Gasteiger partial charge in [0, 0.05) is 17.8 Å². The van der Waals surface area contributed by atoms with Crippen molar-refractivity contribution in [3.63, 3.8) is 0 Å². The Morgan fingerprint density at radius 3 is 2.42 bits per heavy atom. The summed E-state index contributed by atoms with van der Waals surface area (Å²) in [5.74, 6) is -1.49. The van der Waals surface area contributed by atoms with Gasteiger partial charge in [0.1, 0.15) is 0 Å². The number of carbonyl (C=O) groups excluding carboxylic acids is 1. The van der Waals surface area contributed by atoms with Crippen molar-refractivity contribution < 1.29 is 62.3 Å². The van der Waals surface area contributed by atoms with Crippen LogP contribution in [-0.4, -0.2) is 17.8 Å². The van der Waals surface area contributed by atoms with Gasteiger partial charge in [-0.25, -0.2) is 0 Å². The first-order valence-corrected chi connectivity index (χ1v) is 3.14. The van der Waals surface area contributed by atoms with Crippen LogP contribution in [0.5, 0.6) is 0 Å². The molecule has 0 heterocycles. The van der Waals surface area contributed by atoms with E-state index in [9.17, 15) is 9.90 Å².